The van der Waals surface area contributed by atoms with Crippen LogP contribution in [0.3, 0.4) is 0 Å². The number of carbonyl (C=O) groups is 1. The van der Waals surface area contributed by atoms with E-state index in [0.717, 1.165) is 6.42 Å². The van der Waals surface area contributed by atoms with Crippen LogP contribution in [0.15, 0.2) is 22.7 Å². The van der Waals surface area contributed by atoms with E-state index >= 15 is 0 Å². The molecule has 1 fully saturated rings. The molecule has 0 saturated carbocycles. The van der Waals surface area contributed by atoms with Crippen LogP contribution in [-0.2, 0) is 0 Å². The van der Waals surface area contributed by atoms with Crippen LogP contribution in [0.2, 0.25) is 0 Å². The Bertz CT molecular complexity index is 475. The van der Waals surface area contributed by atoms with Crippen molar-refractivity contribution in [2.75, 3.05) is 13.1 Å². The summed E-state index contributed by atoms with van der Waals surface area (Å²) in [6, 6.07) is 4.63. The molecule has 0 radical (unpaired) electrons. The van der Waals surface area contributed by atoms with Gasteiger partial charge in [0.05, 0.1) is 5.56 Å². The molecule has 1 aromatic carbocycles. The third kappa shape index (κ3) is 2.99. The zero-order valence-corrected chi connectivity index (χ0v) is 13.1. The highest BCUT2D eigenvalue weighted by molar-refractivity contribution is 9.10. The molecule has 0 aromatic heterocycles. The predicted molar refractivity (Wildman–Crippen MR) is 77.6 cm³/mol. The van der Waals surface area contributed by atoms with Gasteiger partial charge in [0, 0.05) is 17.6 Å². The summed E-state index contributed by atoms with van der Waals surface area (Å²) in [5.41, 5.74) is 0.332. The van der Waals surface area contributed by atoms with Crippen molar-refractivity contribution >= 4 is 21.8 Å². The third-order valence-corrected chi connectivity index (χ3v) is 4.54. The summed E-state index contributed by atoms with van der Waals surface area (Å²) in [5.74, 6) is -0.197. The van der Waals surface area contributed by atoms with Crippen LogP contribution in [0.1, 0.15) is 37.6 Å². The molecule has 2 nitrogen and oxygen atoms in total. The molecule has 4 heteroatoms. The monoisotopic (exact) mass is 327 g/mol. The molecule has 1 unspecified atom stereocenters. The smallest absolute Gasteiger partial charge is 0.257 e. The molecule has 1 aliphatic heterocycles. The fraction of sp³-hybridized carbons (Fsp3) is 0.533. The maximum atomic E-state index is 13.8. The molecule has 104 valence electrons. The molecule has 1 heterocycles. The first-order valence-corrected chi connectivity index (χ1v) is 7.33. The molecule has 1 saturated heterocycles. The topological polar surface area (TPSA) is 20.3 Å². The van der Waals surface area contributed by atoms with Crippen molar-refractivity contribution in [3.05, 3.63) is 34.1 Å². The Balaban J connectivity index is 2.19. The number of likely N-dealkylation sites (tertiary alicyclic amines) is 1. The predicted octanol–water partition coefficient (Wildman–Crippen LogP) is 4.10. The lowest BCUT2D eigenvalue weighted by molar-refractivity contribution is 0.0771. The minimum Gasteiger partial charge on any atom is -0.338 e. The molecule has 1 aliphatic rings. The fourth-order valence-corrected chi connectivity index (χ4v) is 3.02. The average molecular weight is 328 g/mol. The molecule has 0 bridgehead atoms. The Morgan fingerprint density at radius 2 is 2.11 bits per heavy atom. The Kier molecular flexibility index (Phi) is 4.00. The number of hydrogen-bond donors (Lipinski definition) is 0. The van der Waals surface area contributed by atoms with Crippen LogP contribution in [0, 0.1) is 17.2 Å². The molecule has 1 atom stereocenters. The number of halogens is 2. The highest BCUT2D eigenvalue weighted by atomic mass is 79.9. The summed E-state index contributed by atoms with van der Waals surface area (Å²) in [7, 11) is 0. The van der Waals surface area contributed by atoms with E-state index in [1.165, 1.54) is 6.07 Å². The number of nitrogens with zero attached hydrogens (tertiary/aromatic N) is 1. The van der Waals surface area contributed by atoms with Gasteiger partial charge < -0.3 is 4.90 Å². The second-order valence-corrected chi connectivity index (χ2v) is 7.05. The summed E-state index contributed by atoms with van der Waals surface area (Å²) in [5, 5.41) is 0. The fourth-order valence-electron chi connectivity index (χ4n) is 2.51. The van der Waals surface area contributed by atoms with Crippen molar-refractivity contribution in [3.63, 3.8) is 0 Å². The van der Waals surface area contributed by atoms with Crippen LogP contribution in [0.5, 0.6) is 0 Å². The van der Waals surface area contributed by atoms with Crippen molar-refractivity contribution in [1.82, 2.24) is 4.90 Å². The van der Waals surface area contributed by atoms with Crippen LogP contribution in [0.25, 0.3) is 0 Å². The normalized spacial score (nSPS) is 19.8. The molecule has 0 aliphatic carbocycles. The van der Waals surface area contributed by atoms with E-state index in [1.807, 2.05) is 0 Å². The van der Waals surface area contributed by atoms with Crippen molar-refractivity contribution in [2.24, 2.45) is 11.3 Å². The largest absolute Gasteiger partial charge is 0.338 e. The highest BCUT2D eigenvalue weighted by Gasteiger charge is 2.35. The van der Waals surface area contributed by atoms with Gasteiger partial charge in [-0.3, -0.25) is 4.79 Å². The molecule has 19 heavy (non-hydrogen) atoms. The molecule has 1 amide bonds. The first-order chi connectivity index (χ1) is 8.80. The second-order valence-electron chi connectivity index (χ2n) is 6.20. The number of hydrogen-bond acceptors (Lipinski definition) is 1. The van der Waals surface area contributed by atoms with E-state index in [2.05, 4.69) is 36.7 Å². The van der Waals surface area contributed by atoms with Gasteiger partial charge in [-0.1, -0.05) is 26.8 Å². The van der Waals surface area contributed by atoms with Crippen molar-refractivity contribution in [2.45, 2.75) is 27.2 Å². The zero-order valence-electron chi connectivity index (χ0n) is 11.5. The van der Waals surface area contributed by atoms with E-state index in [-0.39, 0.29) is 16.9 Å². The molecule has 2 rings (SSSR count). The van der Waals surface area contributed by atoms with E-state index in [9.17, 15) is 9.18 Å². The maximum Gasteiger partial charge on any atom is 0.257 e. The lowest BCUT2D eigenvalue weighted by Gasteiger charge is -2.27. The molecule has 0 N–H and O–H groups in total. The third-order valence-electron chi connectivity index (χ3n) is 3.88. The summed E-state index contributed by atoms with van der Waals surface area (Å²) in [6.45, 7) is 7.98. The average Bonchev–Trinajstić information content (AvgIpc) is 2.77. The first kappa shape index (κ1) is 14.5. The van der Waals surface area contributed by atoms with Crippen LogP contribution >= 0.6 is 15.9 Å². The Hall–Kier alpha value is -0.900. The summed E-state index contributed by atoms with van der Waals surface area (Å²) < 4.78 is 14.3. The van der Waals surface area contributed by atoms with Gasteiger partial charge in [0.1, 0.15) is 5.82 Å². The summed E-state index contributed by atoms with van der Waals surface area (Å²) >= 11 is 3.26. The van der Waals surface area contributed by atoms with Crippen molar-refractivity contribution < 1.29 is 9.18 Å². The van der Waals surface area contributed by atoms with Gasteiger partial charge in [0.25, 0.3) is 5.91 Å². The van der Waals surface area contributed by atoms with E-state index in [4.69, 9.17) is 0 Å². The summed E-state index contributed by atoms with van der Waals surface area (Å²) in [4.78, 5) is 14.2. The van der Waals surface area contributed by atoms with Gasteiger partial charge in [0.15, 0.2) is 0 Å². The number of rotatable bonds is 1. The Labute approximate surface area is 122 Å². The highest BCUT2D eigenvalue weighted by Crippen LogP contribution is 2.34. The number of amides is 1. The minimum absolute atomic E-state index is 0.150. The zero-order chi connectivity index (χ0) is 14.2. The quantitative estimate of drug-likeness (QED) is 0.760. The second kappa shape index (κ2) is 5.23. The standard InChI is InChI=1S/C15H19BrFNO/c1-15(2,3)10-7-8-18(9-10)14(19)13-11(16)5-4-6-12(13)17/h4-6,10H,7-9H2,1-3H3. The molecular formula is C15H19BrFNO. The SMILES string of the molecule is CC(C)(C)C1CCN(C(=O)c2c(F)cccc2Br)C1. The Morgan fingerprint density at radius 3 is 2.63 bits per heavy atom. The van der Waals surface area contributed by atoms with Gasteiger partial charge >= 0.3 is 0 Å². The molecule has 0 spiro atoms. The Morgan fingerprint density at radius 1 is 1.42 bits per heavy atom. The van der Waals surface area contributed by atoms with Crippen LogP contribution in [-0.4, -0.2) is 23.9 Å². The molecular weight excluding hydrogens is 309 g/mol. The van der Waals surface area contributed by atoms with Gasteiger partial charge in [-0.05, 0) is 45.8 Å². The number of benzene rings is 1. The van der Waals surface area contributed by atoms with Gasteiger partial charge in [-0.25, -0.2) is 4.39 Å². The number of carbonyl (C=O) groups excluding carboxylic acids is 1. The minimum atomic E-state index is -0.460. The van der Waals surface area contributed by atoms with E-state index in [0.29, 0.717) is 23.5 Å². The maximum absolute atomic E-state index is 13.8. The van der Waals surface area contributed by atoms with Crippen LogP contribution in [0.4, 0.5) is 4.39 Å². The van der Waals surface area contributed by atoms with Gasteiger partial charge in [-0.15, -0.1) is 0 Å². The lowest BCUT2D eigenvalue weighted by Crippen LogP contribution is -2.32. The summed E-state index contributed by atoms with van der Waals surface area (Å²) in [6.07, 6.45) is 0.987. The van der Waals surface area contributed by atoms with Gasteiger partial charge in [0.2, 0.25) is 0 Å². The van der Waals surface area contributed by atoms with Crippen molar-refractivity contribution in [3.8, 4) is 0 Å². The van der Waals surface area contributed by atoms with Crippen molar-refractivity contribution in [1.29, 1.82) is 0 Å². The van der Waals surface area contributed by atoms with Crippen LogP contribution < -0.4 is 0 Å². The van der Waals surface area contributed by atoms with E-state index < -0.39 is 5.82 Å². The molecule has 1 aromatic rings. The van der Waals surface area contributed by atoms with E-state index in [1.54, 1.807) is 17.0 Å². The van der Waals surface area contributed by atoms with Gasteiger partial charge in [-0.2, -0.15) is 0 Å². The lowest BCUT2D eigenvalue weighted by atomic mass is 9.80. The first-order valence-electron chi connectivity index (χ1n) is 6.54.